The Morgan fingerprint density at radius 2 is 2.29 bits per heavy atom. The second-order valence-electron chi connectivity index (χ2n) is 5.04. The van der Waals surface area contributed by atoms with Crippen molar-refractivity contribution in [3.05, 3.63) is 10.4 Å². The van der Waals surface area contributed by atoms with Crippen LogP contribution >= 0.6 is 0 Å². The highest BCUT2D eigenvalue weighted by molar-refractivity contribution is 4.85. The summed E-state index contributed by atoms with van der Waals surface area (Å²) in [4.78, 5) is 2.70. The molecule has 2 aliphatic rings. The summed E-state index contributed by atoms with van der Waals surface area (Å²) in [5.74, 6) is 0.869. The van der Waals surface area contributed by atoms with Crippen molar-refractivity contribution in [2.24, 2.45) is 11.0 Å². The zero-order valence-corrected chi connectivity index (χ0v) is 10.4. The number of rotatable bonds is 6. The molecule has 0 spiro atoms. The van der Waals surface area contributed by atoms with Gasteiger partial charge in [-0.1, -0.05) is 31.3 Å². The van der Waals surface area contributed by atoms with E-state index in [1.807, 2.05) is 0 Å². The fraction of sp³-hybridized carbons (Fsp3) is 1.00. The zero-order valence-electron chi connectivity index (χ0n) is 10.4. The summed E-state index contributed by atoms with van der Waals surface area (Å²) in [7, 11) is 0. The molecule has 0 amide bonds. The van der Waals surface area contributed by atoms with Crippen LogP contribution < -0.4 is 0 Å². The van der Waals surface area contributed by atoms with Crippen LogP contribution in [0.4, 0.5) is 0 Å². The van der Waals surface area contributed by atoms with Crippen LogP contribution in [0.3, 0.4) is 0 Å². The minimum absolute atomic E-state index is 0.107. The molecule has 0 aromatic carbocycles. The van der Waals surface area contributed by atoms with E-state index >= 15 is 0 Å². The van der Waals surface area contributed by atoms with E-state index in [-0.39, 0.29) is 18.9 Å². The molecule has 1 aliphatic carbocycles. The quantitative estimate of drug-likeness (QED) is 0.405. The van der Waals surface area contributed by atoms with Crippen molar-refractivity contribution in [3.63, 3.8) is 0 Å². The van der Waals surface area contributed by atoms with E-state index in [0.29, 0.717) is 6.10 Å². The molecule has 0 N–H and O–H groups in total. The van der Waals surface area contributed by atoms with Crippen LogP contribution in [-0.4, -0.2) is 25.0 Å². The standard InChI is InChI=1S/C12H21N3O2/c1-2-11-12(16-8-14-15-13)7-10(17-11)6-9-4-3-5-9/h9-12H,2-8H2,1H3/t10-,11+,12?/m0/s1. The predicted molar refractivity (Wildman–Crippen MR) is 64.4 cm³/mol. The molecular formula is C12H21N3O2. The lowest BCUT2D eigenvalue weighted by Crippen LogP contribution is -2.23. The molecule has 1 heterocycles. The van der Waals surface area contributed by atoms with E-state index in [0.717, 1.165) is 18.8 Å². The molecular weight excluding hydrogens is 218 g/mol. The average Bonchev–Trinajstić information content (AvgIpc) is 2.67. The Kier molecular flexibility index (Phi) is 4.66. The first-order valence-corrected chi connectivity index (χ1v) is 6.61. The van der Waals surface area contributed by atoms with Crippen molar-refractivity contribution in [2.75, 3.05) is 6.73 Å². The lowest BCUT2D eigenvalue weighted by atomic mass is 9.81. The maximum atomic E-state index is 8.22. The Labute approximate surface area is 102 Å². The highest BCUT2D eigenvalue weighted by Gasteiger charge is 2.36. The second kappa shape index (κ2) is 6.24. The van der Waals surface area contributed by atoms with Gasteiger partial charge in [0, 0.05) is 11.3 Å². The summed E-state index contributed by atoms with van der Waals surface area (Å²) < 4.78 is 11.6. The Bertz CT molecular complexity index is 287. The van der Waals surface area contributed by atoms with Gasteiger partial charge in [0.1, 0.15) is 6.73 Å². The van der Waals surface area contributed by atoms with Crippen molar-refractivity contribution in [2.45, 2.75) is 63.8 Å². The molecule has 0 aromatic heterocycles. The SMILES string of the molecule is CC[C@H]1O[C@@H](CC2CCC2)CC1OCN=[N+]=[N-]. The third-order valence-corrected chi connectivity index (χ3v) is 3.91. The molecule has 17 heavy (non-hydrogen) atoms. The topological polar surface area (TPSA) is 67.2 Å². The number of hydrogen-bond acceptors (Lipinski definition) is 3. The van der Waals surface area contributed by atoms with Crippen LogP contribution in [0, 0.1) is 5.92 Å². The highest BCUT2D eigenvalue weighted by atomic mass is 16.6. The van der Waals surface area contributed by atoms with Gasteiger partial charge in [-0.05, 0) is 24.3 Å². The van der Waals surface area contributed by atoms with E-state index in [1.54, 1.807) is 0 Å². The van der Waals surface area contributed by atoms with Crippen molar-refractivity contribution in [1.29, 1.82) is 0 Å². The van der Waals surface area contributed by atoms with Crippen LogP contribution in [0.15, 0.2) is 5.11 Å². The lowest BCUT2D eigenvalue weighted by molar-refractivity contribution is -0.0277. The van der Waals surface area contributed by atoms with Gasteiger partial charge in [0.2, 0.25) is 0 Å². The first-order chi connectivity index (χ1) is 8.33. The third kappa shape index (κ3) is 3.35. The minimum atomic E-state index is 0.107. The van der Waals surface area contributed by atoms with Gasteiger partial charge in [0.05, 0.1) is 18.3 Å². The van der Waals surface area contributed by atoms with Gasteiger partial charge in [-0.25, -0.2) is 0 Å². The molecule has 1 saturated carbocycles. The van der Waals surface area contributed by atoms with Crippen LogP contribution in [-0.2, 0) is 9.47 Å². The summed E-state index contributed by atoms with van der Waals surface area (Å²) in [6.07, 6.45) is 7.83. The van der Waals surface area contributed by atoms with E-state index in [2.05, 4.69) is 16.9 Å². The van der Waals surface area contributed by atoms with Gasteiger partial charge in [-0.3, -0.25) is 0 Å². The first-order valence-electron chi connectivity index (χ1n) is 6.61. The zero-order chi connectivity index (χ0) is 12.1. The highest BCUT2D eigenvalue weighted by Crippen LogP contribution is 2.36. The van der Waals surface area contributed by atoms with Gasteiger partial charge in [0.25, 0.3) is 0 Å². The van der Waals surface area contributed by atoms with Gasteiger partial charge >= 0.3 is 0 Å². The summed E-state index contributed by atoms with van der Waals surface area (Å²) in [6.45, 7) is 2.23. The maximum absolute atomic E-state index is 8.22. The van der Waals surface area contributed by atoms with Crippen LogP contribution in [0.25, 0.3) is 10.4 Å². The Morgan fingerprint density at radius 1 is 1.47 bits per heavy atom. The molecule has 5 nitrogen and oxygen atoms in total. The normalized spacial score (nSPS) is 33.1. The van der Waals surface area contributed by atoms with Crippen molar-refractivity contribution in [3.8, 4) is 0 Å². The Morgan fingerprint density at radius 3 is 2.88 bits per heavy atom. The molecule has 2 rings (SSSR count). The van der Waals surface area contributed by atoms with Crippen LogP contribution in [0.2, 0.25) is 0 Å². The molecule has 0 radical (unpaired) electrons. The monoisotopic (exact) mass is 239 g/mol. The van der Waals surface area contributed by atoms with E-state index in [9.17, 15) is 0 Å². The Hall–Kier alpha value is -0.770. The molecule has 1 unspecified atom stereocenters. The fourth-order valence-electron chi connectivity index (χ4n) is 2.74. The third-order valence-electron chi connectivity index (χ3n) is 3.91. The van der Waals surface area contributed by atoms with E-state index in [4.69, 9.17) is 15.0 Å². The predicted octanol–water partition coefficient (Wildman–Crippen LogP) is 3.40. The summed E-state index contributed by atoms with van der Waals surface area (Å²) in [6, 6.07) is 0. The number of nitrogens with zero attached hydrogens (tertiary/aromatic N) is 3. The van der Waals surface area contributed by atoms with Gasteiger partial charge in [-0.2, -0.15) is 0 Å². The van der Waals surface area contributed by atoms with Gasteiger partial charge in [-0.15, -0.1) is 0 Å². The van der Waals surface area contributed by atoms with E-state index < -0.39 is 0 Å². The molecule has 3 atom stereocenters. The molecule has 0 bridgehead atoms. The van der Waals surface area contributed by atoms with Crippen molar-refractivity contribution in [1.82, 2.24) is 0 Å². The largest absolute Gasteiger partial charge is 0.372 e. The number of azide groups is 1. The number of ether oxygens (including phenoxy) is 2. The number of hydrogen-bond donors (Lipinski definition) is 0. The van der Waals surface area contributed by atoms with E-state index in [1.165, 1.54) is 25.7 Å². The first kappa shape index (κ1) is 12.7. The van der Waals surface area contributed by atoms with Gasteiger partial charge in [0.15, 0.2) is 0 Å². The van der Waals surface area contributed by atoms with Crippen LogP contribution in [0.1, 0.15) is 45.4 Å². The maximum Gasteiger partial charge on any atom is 0.126 e. The van der Waals surface area contributed by atoms with Crippen molar-refractivity contribution < 1.29 is 9.47 Å². The summed E-state index contributed by atoms with van der Waals surface area (Å²) in [5, 5.41) is 3.42. The molecule has 2 fully saturated rings. The molecule has 0 aromatic rings. The average molecular weight is 239 g/mol. The minimum Gasteiger partial charge on any atom is -0.372 e. The molecule has 1 aliphatic heterocycles. The van der Waals surface area contributed by atoms with Crippen LogP contribution in [0.5, 0.6) is 0 Å². The summed E-state index contributed by atoms with van der Waals surface area (Å²) in [5.41, 5.74) is 8.22. The second-order valence-corrected chi connectivity index (χ2v) is 5.04. The lowest BCUT2D eigenvalue weighted by Gasteiger charge is -2.27. The molecule has 1 saturated heterocycles. The Balaban J connectivity index is 1.77. The molecule has 96 valence electrons. The van der Waals surface area contributed by atoms with Crippen molar-refractivity contribution >= 4 is 0 Å². The fourth-order valence-corrected chi connectivity index (χ4v) is 2.74. The summed E-state index contributed by atoms with van der Waals surface area (Å²) >= 11 is 0. The molecule has 5 heteroatoms. The van der Waals surface area contributed by atoms with Gasteiger partial charge < -0.3 is 9.47 Å². The smallest absolute Gasteiger partial charge is 0.126 e.